The van der Waals surface area contributed by atoms with Crippen molar-refractivity contribution in [3.8, 4) is 0 Å². The van der Waals surface area contributed by atoms with Crippen LogP contribution in [0.25, 0.3) is 0 Å². The van der Waals surface area contributed by atoms with E-state index in [-0.39, 0.29) is 11.6 Å². The van der Waals surface area contributed by atoms with E-state index in [1.54, 1.807) is 0 Å². The summed E-state index contributed by atoms with van der Waals surface area (Å²) in [7, 11) is 0. The molecule has 0 saturated carbocycles. The Morgan fingerprint density at radius 2 is 1.48 bits per heavy atom. The second-order valence-corrected chi connectivity index (χ2v) is 7.69. The van der Waals surface area contributed by atoms with Gasteiger partial charge in [0.25, 0.3) is 0 Å². The van der Waals surface area contributed by atoms with Crippen LogP contribution in [-0.4, -0.2) is 41.9 Å². The number of rotatable bonds is 10. The fraction of sp³-hybridized carbons (Fsp3) is 0.895. The molecule has 0 aromatic carbocycles. The third-order valence-corrected chi connectivity index (χ3v) is 4.19. The van der Waals surface area contributed by atoms with Gasteiger partial charge in [-0.3, -0.25) is 9.59 Å². The van der Waals surface area contributed by atoms with Crippen molar-refractivity contribution in [2.45, 2.75) is 90.6 Å². The predicted octanol–water partition coefficient (Wildman–Crippen LogP) is 4.11. The maximum Gasteiger partial charge on any atom is 0.306 e. The number of ether oxygens (including phenoxy) is 1. The van der Waals surface area contributed by atoms with Crippen LogP contribution in [0.15, 0.2) is 0 Å². The molecule has 0 bridgehead atoms. The standard InChI is InChI=1S/C19H35NO3/c1-19(2,3)23-18(22)11-9-7-5-4-6-8-10-14-20-15-12-17(21)13-16-20/h4-16H2,1-3H3. The Hall–Kier alpha value is -0.900. The molecule has 134 valence electrons. The van der Waals surface area contributed by atoms with Crippen molar-refractivity contribution < 1.29 is 14.3 Å². The van der Waals surface area contributed by atoms with Crippen LogP contribution in [0.3, 0.4) is 0 Å². The Balaban J connectivity index is 1.85. The van der Waals surface area contributed by atoms with E-state index in [2.05, 4.69) is 4.90 Å². The van der Waals surface area contributed by atoms with Crippen LogP contribution in [0.1, 0.15) is 85.0 Å². The monoisotopic (exact) mass is 325 g/mol. The molecule has 1 saturated heterocycles. The van der Waals surface area contributed by atoms with Crippen molar-refractivity contribution in [1.29, 1.82) is 0 Å². The molecule has 0 aliphatic carbocycles. The van der Waals surface area contributed by atoms with Gasteiger partial charge in [-0.25, -0.2) is 0 Å². The molecule has 0 spiro atoms. The molecular weight excluding hydrogens is 290 g/mol. The van der Waals surface area contributed by atoms with Crippen LogP contribution >= 0.6 is 0 Å². The molecule has 0 atom stereocenters. The number of hydrogen-bond donors (Lipinski definition) is 0. The summed E-state index contributed by atoms with van der Waals surface area (Å²) in [6.45, 7) is 8.80. The third-order valence-electron chi connectivity index (χ3n) is 4.19. The first kappa shape index (κ1) is 20.1. The lowest BCUT2D eigenvalue weighted by molar-refractivity contribution is -0.154. The van der Waals surface area contributed by atoms with Gasteiger partial charge < -0.3 is 9.64 Å². The molecule has 0 N–H and O–H groups in total. The molecule has 0 radical (unpaired) electrons. The lowest BCUT2D eigenvalue weighted by Crippen LogP contribution is -2.34. The zero-order chi connectivity index (χ0) is 17.1. The average Bonchev–Trinajstić information content (AvgIpc) is 2.45. The summed E-state index contributed by atoms with van der Waals surface area (Å²) >= 11 is 0. The van der Waals surface area contributed by atoms with E-state index in [0.717, 1.165) is 45.3 Å². The largest absolute Gasteiger partial charge is 0.460 e. The number of Topliss-reactive ketones (excluding diaryl/α,β-unsaturated/α-hetero) is 1. The number of carbonyl (C=O) groups excluding carboxylic acids is 2. The Labute approximate surface area is 141 Å². The number of esters is 1. The number of nitrogens with zero attached hydrogens (tertiary/aromatic N) is 1. The lowest BCUT2D eigenvalue weighted by atomic mass is 10.1. The topological polar surface area (TPSA) is 46.6 Å². The fourth-order valence-electron chi connectivity index (χ4n) is 2.91. The number of ketones is 1. The zero-order valence-electron chi connectivity index (χ0n) is 15.4. The number of unbranched alkanes of at least 4 members (excludes halogenated alkanes) is 6. The molecule has 23 heavy (non-hydrogen) atoms. The number of carbonyl (C=O) groups is 2. The number of likely N-dealkylation sites (tertiary alicyclic amines) is 1. The van der Waals surface area contributed by atoms with E-state index < -0.39 is 0 Å². The van der Waals surface area contributed by atoms with Crippen LogP contribution in [0.2, 0.25) is 0 Å². The predicted molar refractivity (Wildman–Crippen MR) is 93.5 cm³/mol. The number of hydrogen-bond acceptors (Lipinski definition) is 4. The second kappa shape index (κ2) is 10.8. The second-order valence-electron chi connectivity index (χ2n) is 7.69. The van der Waals surface area contributed by atoms with Gasteiger partial charge in [0, 0.05) is 32.4 Å². The maximum atomic E-state index is 11.6. The van der Waals surface area contributed by atoms with Gasteiger partial charge in [0.2, 0.25) is 0 Å². The van der Waals surface area contributed by atoms with Crippen LogP contribution in [0.4, 0.5) is 0 Å². The highest BCUT2D eigenvalue weighted by Crippen LogP contribution is 2.13. The van der Waals surface area contributed by atoms with E-state index in [4.69, 9.17) is 4.74 Å². The highest BCUT2D eigenvalue weighted by atomic mass is 16.6. The van der Waals surface area contributed by atoms with Gasteiger partial charge in [0.15, 0.2) is 0 Å². The Bertz CT molecular complexity index is 350. The van der Waals surface area contributed by atoms with Crippen molar-refractivity contribution in [3.63, 3.8) is 0 Å². The molecule has 0 aromatic rings. The molecule has 1 heterocycles. The van der Waals surface area contributed by atoms with E-state index in [1.807, 2.05) is 20.8 Å². The molecule has 1 rings (SSSR count). The van der Waals surface area contributed by atoms with Gasteiger partial charge in [0.1, 0.15) is 11.4 Å². The smallest absolute Gasteiger partial charge is 0.306 e. The van der Waals surface area contributed by atoms with E-state index in [9.17, 15) is 9.59 Å². The van der Waals surface area contributed by atoms with Crippen LogP contribution in [0.5, 0.6) is 0 Å². The first-order chi connectivity index (χ1) is 10.9. The number of piperidine rings is 1. The van der Waals surface area contributed by atoms with Gasteiger partial charge >= 0.3 is 5.97 Å². The molecule has 1 aliphatic heterocycles. The van der Waals surface area contributed by atoms with Crippen molar-refractivity contribution in [2.75, 3.05) is 19.6 Å². The molecule has 0 unspecified atom stereocenters. The maximum absolute atomic E-state index is 11.6. The van der Waals surface area contributed by atoms with Crippen LogP contribution in [0, 0.1) is 0 Å². The van der Waals surface area contributed by atoms with Crippen molar-refractivity contribution in [1.82, 2.24) is 4.90 Å². The van der Waals surface area contributed by atoms with Gasteiger partial charge in [-0.2, -0.15) is 0 Å². The summed E-state index contributed by atoms with van der Waals surface area (Å²) < 4.78 is 5.30. The molecule has 4 heteroatoms. The van der Waals surface area contributed by atoms with E-state index in [0.29, 0.717) is 12.2 Å². The summed E-state index contributed by atoms with van der Waals surface area (Å²) in [5, 5.41) is 0. The van der Waals surface area contributed by atoms with E-state index in [1.165, 1.54) is 32.1 Å². The lowest BCUT2D eigenvalue weighted by Gasteiger charge is -2.25. The summed E-state index contributed by atoms with van der Waals surface area (Å²) in [6, 6.07) is 0. The van der Waals surface area contributed by atoms with Crippen LogP contribution < -0.4 is 0 Å². The Kier molecular flexibility index (Phi) is 9.46. The summed E-state index contributed by atoms with van der Waals surface area (Å²) in [5.41, 5.74) is -0.362. The van der Waals surface area contributed by atoms with Crippen molar-refractivity contribution >= 4 is 11.8 Å². The van der Waals surface area contributed by atoms with Crippen LogP contribution in [-0.2, 0) is 14.3 Å². The Morgan fingerprint density at radius 1 is 0.957 bits per heavy atom. The summed E-state index contributed by atoms with van der Waals surface area (Å²) in [4.78, 5) is 25.1. The quantitative estimate of drug-likeness (QED) is 0.448. The SMILES string of the molecule is CC(C)(C)OC(=O)CCCCCCCCCN1CCC(=O)CC1. The van der Waals surface area contributed by atoms with Crippen molar-refractivity contribution in [2.24, 2.45) is 0 Å². The molecule has 0 aromatic heterocycles. The van der Waals surface area contributed by atoms with Gasteiger partial charge in [-0.15, -0.1) is 0 Å². The molecule has 1 aliphatic rings. The van der Waals surface area contributed by atoms with Gasteiger partial charge in [0.05, 0.1) is 0 Å². The Morgan fingerprint density at radius 3 is 2.04 bits per heavy atom. The minimum atomic E-state index is -0.362. The van der Waals surface area contributed by atoms with E-state index >= 15 is 0 Å². The van der Waals surface area contributed by atoms with Gasteiger partial charge in [-0.05, 0) is 40.2 Å². The molecular formula is C19H35NO3. The highest BCUT2D eigenvalue weighted by molar-refractivity contribution is 5.79. The van der Waals surface area contributed by atoms with Gasteiger partial charge in [-0.1, -0.05) is 32.1 Å². The fourth-order valence-corrected chi connectivity index (χ4v) is 2.91. The highest BCUT2D eigenvalue weighted by Gasteiger charge is 2.16. The first-order valence-corrected chi connectivity index (χ1v) is 9.33. The molecule has 4 nitrogen and oxygen atoms in total. The third kappa shape index (κ3) is 11.3. The normalized spacial score (nSPS) is 16.6. The summed E-state index contributed by atoms with van der Waals surface area (Å²) in [5.74, 6) is 0.352. The minimum absolute atomic E-state index is 0.0717. The molecule has 0 amide bonds. The molecule has 1 fully saturated rings. The minimum Gasteiger partial charge on any atom is -0.460 e. The zero-order valence-corrected chi connectivity index (χ0v) is 15.4. The first-order valence-electron chi connectivity index (χ1n) is 9.33. The average molecular weight is 325 g/mol. The van der Waals surface area contributed by atoms with Crippen molar-refractivity contribution in [3.05, 3.63) is 0 Å². The summed E-state index contributed by atoms with van der Waals surface area (Å²) in [6.07, 6.45) is 10.4.